The van der Waals surface area contributed by atoms with Crippen molar-refractivity contribution in [1.82, 2.24) is 0 Å². The van der Waals surface area contributed by atoms with Crippen molar-refractivity contribution in [3.8, 4) is 0 Å². The summed E-state index contributed by atoms with van der Waals surface area (Å²) in [5, 5.41) is 3.86. The number of ether oxygens (including phenoxy) is 1. The average molecular weight is 257 g/mol. The molecule has 1 aromatic rings. The van der Waals surface area contributed by atoms with Crippen molar-refractivity contribution in [1.29, 1.82) is 0 Å². The number of rotatable bonds is 1. The van der Waals surface area contributed by atoms with Crippen molar-refractivity contribution in [2.45, 2.75) is 50.7 Å². The molecule has 0 amide bonds. The van der Waals surface area contributed by atoms with Crippen LogP contribution in [0.25, 0.3) is 0 Å². The van der Waals surface area contributed by atoms with E-state index in [0.717, 1.165) is 12.5 Å². The molecule has 0 aromatic heterocycles. The molecule has 1 aromatic carbocycles. The minimum Gasteiger partial charge on any atom is -0.381 e. The second-order valence-electron chi connectivity index (χ2n) is 6.40. The van der Waals surface area contributed by atoms with Crippen molar-refractivity contribution in [3.05, 3.63) is 29.8 Å². The minimum atomic E-state index is 0.351. The molecule has 2 heterocycles. The van der Waals surface area contributed by atoms with Gasteiger partial charge in [-0.1, -0.05) is 37.5 Å². The summed E-state index contributed by atoms with van der Waals surface area (Å²) in [5.74, 6) is 1.55. The number of hydrogen-bond acceptors (Lipinski definition) is 2. The largest absolute Gasteiger partial charge is 0.381 e. The van der Waals surface area contributed by atoms with Gasteiger partial charge in [-0.2, -0.15) is 0 Å². The number of benzene rings is 1. The summed E-state index contributed by atoms with van der Waals surface area (Å²) in [4.78, 5) is 0. The van der Waals surface area contributed by atoms with E-state index in [-0.39, 0.29) is 0 Å². The molecule has 2 nitrogen and oxygen atoms in total. The summed E-state index contributed by atoms with van der Waals surface area (Å²) in [6.45, 7) is 0.939. The van der Waals surface area contributed by atoms with Gasteiger partial charge < -0.3 is 10.1 Å². The third kappa shape index (κ3) is 1.97. The van der Waals surface area contributed by atoms with Gasteiger partial charge in [-0.15, -0.1) is 0 Å². The lowest BCUT2D eigenvalue weighted by Crippen LogP contribution is -2.42. The quantitative estimate of drug-likeness (QED) is 0.816. The molecule has 1 aliphatic carbocycles. The Labute approximate surface area is 115 Å². The van der Waals surface area contributed by atoms with E-state index in [4.69, 9.17) is 4.74 Å². The fourth-order valence-corrected chi connectivity index (χ4v) is 4.42. The Hall–Kier alpha value is -1.02. The van der Waals surface area contributed by atoms with Crippen LogP contribution in [0, 0.1) is 11.8 Å². The molecule has 2 aliphatic heterocycles. The molecule has 1 saturated heterocycles. The molecule has 3 aliphatic rings. The first-order chi connectivity index (χ1) is 9.43. The van der Waals surface area contributed by atoms with Crippen LogP contribution in [-0.4, -0.2) is 12.6 Å². The van der Waals surface area contributed by atoms with Crippen LogP contribution in [0.5, 0.6) is 0 Å². The van der Waals surface area contributed by atoms with Gasteiger partial charge >= 0.3 is 0 Å². The smallest absolute Gasteiger partial charge is 0.0893 e. The fraction of sp³-hybridized carbons (Fsp3) is 0.647. The molecule has 2 fully saturated rings. The van der Waals surface area contributed by atoms with E-state index >= 15 is 0 Å². The number of anilines is 1. The van der Waals surface area contributed by atoms with Gasteiger partial charge in [-0.25, -0.2) is 0 Å². The maximum absolute atomic E-state index is 6.06. The first kappa shape index (κ1) is 11.8. The van der Waals surface area contributed by atoms with Gasteiger partial charge in [0.05, 0.1) is 6.10 Å². The standard InChI is InChI=1S/C17H23NO/c1-2-6-12(7-3-1)16-14-10-11-19-17(14)13-8-4-5-9-15(13)18-16/h4-5,8-9,12,14,16-18H,1-3,6-7,10-11H2/t14-,16-,17-/m1/s1. The first-order valence-electron chi connectivity index (χ1n) is 7.90. The Bertz CT molecular complexity index is 452. The van der Waals surface area contributed by atoms with Crippen LogP contribution in [0.15, 0.2) is 24.3 Å². The molecular weight excluding hydrogens is 234 g/mol. The monoisotopic (exact) mass is 257 g/mol. The van der Waals surface area contributed by atoms with Gasteiger partial charge in [-0.3, -0.25) is 0 Å². The van der Waals surface area contributed by atoms with E-state index in [0.29, 0.717) is 18.1 Å². The highest BCUT2D eigenvalue weighted by atomic mass is 16.5. The van der Waals surface area contributed by atoms with Gasteiger partial charge in [-0.05, 0) is 31.2 Å². The third-order valence-corrected chi connectivity index (χ3v) is 5.35. The maximum Gasteiger partial charge on any atom is 0.0893 e. The first-order valence-corrected chi connectivity index (χ1v) is 7.90. The summed E-state index contributed by atoms with van der Waals surface area (Å²) >= 11 is 0. The van der Waals surface area contributed by atoms with Crippen molar-refractivity contribution in [2.75, 3.05) is 11.9 Å². The summed E-state index contributed by atoms with van der Waals surface area (Å²) in [6.07, 6.45) is 8.67. The van der Waals surface area contributed by atoms with Gasteiger partial charge in [0, 0.05) is 29.8 Å². The Kier molecular flexibility index (Phi) is 2.99. The van der Waals surface area contributed by atoms with Crippen molar-refractivity contribution in [2.24, 2.45) is 11.8 Å². The molecular formula is C17H23NO. The second-order valence-corrected chi connectivity index (χ2v) is 6.40. The molecule has 19 heavy (non-hydrogen) atoms. The van der Waals surface area contributed by atoms with Gasteiger partial charge in [0.15, 0.2) is 0 Å². The van der Waals surface area contributed by atoms with Crippen LogP contribution in [-0.2, 0) is 4.74 Å². The number of hydrogen-bond donors (Lipinski definition) is 1. The zero-order valence-electron chi connectivity index (χ0n) is 11.5. The SMILES string of the molecule is c1ccc2c(c1)N[C@H](C1CCCCC1)[C@H]1CCO[C@H]21. The molecule has 0 unspecified atom stereocenters. The molecule has 2 heteroatoms. The van der Waals surface area contributed by atoms with E-state index < -0.39 is 0 Å². The predicted octanol–water partition coefficient (Wildman–Crippen LogP) is 4.14. The van der Waals surface area contributed by atoms with Crippen LogP contribution in [0.3, 0.4) is 0 Å². The Morgan fingerprint density at radius 3 is 2.74 bits per heavy atom. The van der Waals surface area contributed by atoms with Gasteiger partial charge in [0.2, 0.25) is 0 Å². The molecule has 0 bridgehead atoms. The second kappa shape index (κ2) is 4.82. The molecule has 0 spiro atoms. The lowest BCUT2D eigenvalue weighted by Gasteiger charge is -2.41. The summed E-state index contributed by atoms with van der Waals surface area (Å²) in [5.41, 5.74) is 2.71. The number of para-hydroxylation sites is 1. The van der Waals surface area contributed by atoms with Gasteiger partial charge in [0.1, 0.15) is 0 Å². The molecule has 1 saturated carbocycles. The predicted molar refractivity (Wildman–Crippen MR) is 77.2 cm³/mol. The Balaban J connectivity index is 1.66. The van der Waals surface area contributed by atoms with Crippen LogP contribution in [0.4, 0.5) is 5.69 Å². The molecule has 1 N–H and O–H groups in total. The molecule has 4 rings (SSSR count). The normalized spacial score (nSPS) is 34.4. The Morgan fingerprint density at radius 1 is 1.00 bits per heavy atom. The van der Waals surface area contributed by atoms with Crippen LogP contribution >= 0.6 is 0 Å². The highest BCUT2D eigenvalue weighted by molar-refractivity contribution is 5.56. The maximum atomic E-state index is 6.06. The van der Waals surface area contributed by atoms with Crippen molar-refractivity contribution >= 4 is 5.69 Å². The summed E-state index contributed by atoms with van der Waals surface area (Å²) in [7, 11) is 0. The van der Waals surface area contributed by atoms with Crippen LogP contribution in [0.2, 0.25) is 0 Å². The lowest BCUT2D eigenvalue weighted by atomic mass is 9.73. The Morgan fingerprint density at radius 2 is 1.84 bits per heavy atom. The zero-order valence-corrected chi connectivity index (χ0v) is 11.5. The van der Waals surface area contributed by atoms with E-state index in [1.807, 2.05) is 0 Å². The fourth-order valence-electron chi connectivity index (χ4n) is 4.42. The number of fused-ring (bicyclic) bond motifs is 3. The third-order valence-electron chi connectivity index (χ3n) is 5.35. The zero-order chi connectivity index (χ0) is 12.7. The van der Waals surface area contributed by atoms with E-state index in [2.05, 4.69) is 29.6 Å². The summed E-state index contributed by atoms with van der Waals surface area (Å²) in [6, 6.07) is 9.38. The molecule has 3 atom stereocenters. The lowest BCUT2D eigenvalue weighted by molar-refractivity contribution is 0.0732. The van der Waals surface area contributed by atoms with Crippen molar-refractivity contribution < 1.29 is 4.74 Å². The topological polar surface area (TPSA) is 21.3 Å². The average Bonchev–Trinajstić information content (AvgIpc) is 2.97. The molecule has 102 valence electrons. The van der Waals surface area contributed by atoms with Gasteiger partial charge in [0.25, 0.3) is 0 Å². The van der Waals surface area contributed by atoms with Crippen molar-refractivity contribution in [3.63, 3.8) is 0 Å². The number of nitrogens with one attached hydrogen (secondary N) is 1. The van der Waals surface area contributed by atoms with E-state index in [1.165, 1.54) is 49.8 Å². The minimum absolute atomic E-state index is 0.351. The molecule has 0 radical (unpaired) electrons. The highest BCUT2D eigenvalue weighted by Gasteiger charge is 2.43. The van der Waals surface area contributed by atoms with E-state index in [9.17, 15) is 0 Å². The van der Waals surface area contributed by atoms with E-state index in [1.54, 1.807) is 0 Å². The highest BCUT2D eigenvalue weighted by Crippen LogP contribution is 2.48. The van der Waals surface area contributed by atoms with Crippen LogP contribution < -0.4 is 5.32 Å². The summed E-state index contributed by atoms with van der Waals surface area (Å²) < 4.78 is 6.06. The van der Waals surface area contributed by atoms with Crippen LogP contribution in [0.1, 0.15) is 50.2 Å².